The number of carbonyl (C=O) groups excluding carboxylic acids is 1. The number of carbonyl (C=O) groups is 1. The predicted molar refractivity (Wildman–Crippen MR) is 93.0 cm³/mol. The number of urea groups is 1. The van der Waals surface area contributed by atoms with E-state index in [4.69, 9.17) is 4.74 Å². The van der Waals surface area contributed by atoms with E-state index < -0.39 is 0 Å². The third-order valence-corrected chi connectivity index (χ3v) is 5.67. The van der Waals surface area contributed by atoms with Gasteiger partial charge in [-0.05, 0) is 55.2 Å². The van der Waals surface area contributed by atoms with Crippen LogP contribution in [-0.2, 0) is 4.74 Å². The van der Waals surface area contributed by atoms with Crippen molar-refractivity contribution < 1.29 is 14.6 Å². The topological polar surface area (TPSA) is 61.8 Å². The predicted octanol–water partition coefficient (Wildman–Crippen LogP) is 3.45. The Kier molecular flexibility index (Phi) is 5.29. The third kappa shape index (κ3) is 3.83. The molecule has 5 nitrogen and oxygen atoms in total. The van der Waals surface area contributed by atoms with Crippen LogP contribution in [0.3, 0.4) is 0 Å². The molecule has 1 aromatic rings. The van der Waals surface area contributed by atoms with Gasteiger partial charge in [0.05, 0.1) is 6.04 Å². The van der Waals surface area contributed by atoms with Gasteiger partial charge in [0.25, 0.3) is 0 Å². The average Bonchev–Trinajstić information content (AvgIpc) is 2.62. The lowest BCUT2D eigenvalue weighted by atomic mass is 9.72. The normalized spacial score (nSPS) is 21.5. The lowest BCUT2D eigenvalue weighted by Gasteiger charge is -2.44. The van der Waals surface area contributed by atoms with Crippen molar-refractivity contribution in [3.8, 4) is 5.75 Å². The number of aromatic hydroxyl groups is 1. The zero-order valence-corrected chi connectivity index (χ0v) is 14.5. The molecule has 1 atom stereocenters. The molecule has 0 unspecified atom stereocenters. The average molecular weight is 332 g/mol. The second-order valence-corrected chi connectivity index (χ2v) is 7.10. The van der Waals surface area contributed by atoms with Gasteiger partial charge in [-0.1, -0.05) is 19.1 Å². The first-order valence-electron chi connectivity index (χ1n) is 9.04. The Hall–Kier alpha value is -1.75. The minimum atomic E-state index is -0.0166. The molecule has 1 spiro atoms. The van der Waals surface area contributed by atoms with E-state index in [9.17, 15) is 9.90 Å². The fraction of sp³-hybridized carbons (Fsp3) is 0.632. The number of ether oxygens (including phenoxy) is 1. The van der Waals surface area contributed by atoms with E-state index in [1.807, 2.05) is 17.0 Å². The second kappa shape index (κ2) is 7.43. The Labute approximate surface area is 144 Å². The highest BCUT2D eigenvalue weighted by molar-refractivity contribution is 5.74. The molecule has 3 rings (SSSR count). The van der Waals surface area contributed by atoms with Gasteiger partial charge in [-0.15, -0.1) is 0 Å². The van der Waals surface area contributed by atoms with Gasteiger partial charge in [-0.25, -0.2) is 4.79 Å². The number of piperidine rings is 1. The Morgan fingerprint density at radius 1 is 1.21 bits per heavy atom. The maximum Gasteiger partial charge on any atom is 0.317 e. The molecule has 2 aliphatic heterocycles. The molecular formula is C19H28N2O3. The summed E-state index contributed by atoms with van der Waals surface area (Å²) >= 11 is 0. The summed E-state index contributed by atoms with van der Waals surface area (Å²) in [5, 5.41) is 12.6. The van der Waals surface area contributed by atoms with Crippen LogP contribution >= 0.6 is 0 Å². The van der Waals surface area contributed by atoms with Crippen molar-refractivity contribution in [1.82, 2.24) is 10.2 Å². The van der Waals surface area contributed by atoms with Crippen molar-refractivity contribution in [2.24, 2.45) is 5.41 Å². The fourth-order valence-electron chi connectivity index (χ4n) is 3.86. The molecule has 1 aromatic carbocycles. The van der Waals surface area contributed by atoms with Crippen molar-refractivity contribution in [2.75, 3.05) is 26.3 Å². The molecule has 2 saturated heterocycles. The number of likely N-dealkylation sites (tertiary alicyclic amines) is 1. The Morgan fingerprint density at radius 2 is 1.83 bits per heavy atom. The van der Waals surface area contributed by atoms with Gasteiger partial charge >= 0.3 is 6.03 Å². The van der Waals surface area contributed by atoms with Crippen molar-refractivity contribution in [2.45, 2.75) is 45.1 Å². The first-order valence-corrected chi connectivity index (χ1v) is 9.04. The SMILES string of the molecule is CC[C@@H](NC(=O)N1CCC2(CCOCC2)CC1)c1ccc(O)cc1. The van der Waals surface area contributed by atoms with Gasteiger partial charge in [0, 0.05) is 26.3 Å². The fourth-order valence-corrected chi connectivity index (χ4v) is 3.86. The first-order chi connectivity index (χ1) is 11.6. The molecule has 5 heteroatoms. The van der Waals surface area contributed by atoms with E-state index in [0.29, 0.717) is 5.41 Å². The zero-order valence-electron chi connectivity index (χ0n) is 14.5. The summed E-state index contributed by atoms with van der Waals surface area (Å²) in [4.78, 5) is 14.6. The molecule has 2 N–H and O–H groups in total. The van der Waals surface area contributed by atoms with Crippen molar-refractivity contribution in [3.05, 3.63) is 29.8 Å². The van der Waals surface area contributed by atoms with Gasteiger partial charge in [-0.3, -0.25) is 0 Å². The summed E-state index contributed by atoms with van der Waals surface area (Å²) in [5.74, 6) is 0.248. The lowest BCUT2D eigenvalue weighted by Crippen LogP contribution is -2.49. The maximum absolute atomic E-state index is 12.6. The van der Waals surface area contributed by atoms with E-state index in [2.05, 4.69) is 12.2 Å². The Bertz CT molecular complexity index is 542. The second-order valence-electron chi connectivity index (χ2n) is 7.10. The van der Waals surface area contributed by atoms with Crippen LogP contribution in [0.15, 0.2) is 24.3 Å². The van der Waals surface area contributed by atoms with Crippen molar-refractivity contribution in [3.63, 3.8) is 0 Å². The summed E-state index contributed by atoms with van der Waals surface area (Å²) < 4.78 is 5.49. The number of amides is 2. The summed E-state index contributed by atoms with van der Waals surface area (Å²) in [6.07, 6.45) is 5.26. The van der Waals surface area contributed by atoms with Crippen molar-refractivity contribution in [1.29, 1.82) is 0 Å². The van der Waals surface area contributed by atoms with Gasteiger partial charge < -0.3 is 20.1 Å². The molecule has 0 saturated carbocycles. The number of hydrogen-bond donors (Lipinski definition) is 2. The molecule has 0 aromatic heterocycles. The summed E-state index contributed by atoms with van der Waals surface area (Å²) in [6, 6.07) is 7.09. The van der Waals surface area contributed by atoms with Gasteiger partial charge in [0.15, 0.2) is 0 Å². The van der Waals surface area contributed by atoms with Gasteiger partial charge in [-0.2, -0.15) is 0 Å². The minimum absolute atomic E-state index is 0.0166. The lowest BCUT2D eigenvalue weighted by molar-refractivity contribution is -0.0146. The summed E-state index contributed by atoms with van der Waals surface area (Å²) in [5.41, 5.74) is 1.43. The van der Waals surface area contributed by atoms with E-state index in [0.717, 1.165) is 64.0 Å². The van der Waals surface area contributed by atoms with Crippen molar-refractivity contribution >= 4 is 6.03 Å². The van der Waals surface area contributed by atoms with Crippen LogP contribution in [-0.4, -0.2) is 42.3 Å². The number of phenolic OH excluding ortho intramolecular Hbond substituents is 1. The molecule has 2 heterocycles. The number of rotatable bonds is 3. The molecule has 2 aliphatic rings. The number of nitrogens with zero attached hydrogens (tertiary/aromatic N) is 1. The van der Waals surface area contributed by atoms with Crippen LogP contribution in [0.25, 0.3) is 0 Å². The quantitative estimate of drug-likeness (QED) is 0.891. The number of phenols is 1. The molecular weight excluding hydrogens is 304 g/mol. The van der Waals surface area contributed by atoms with Gasteiger partial charge in [0.1, 0.15) is 5.75 Å². The van der Waals surface area contributed by atoms with Crippen LogP contribution in [0.4, 0.5) is 4.79 Å². The van der Waals surface area contributed by atoms with E-state index in [1.165, 1.54) is 0 Å². The van der Waals surface area contributed by atoms with E-state index in [-0.39, 0.29) is 17.8 Å². The van der Waals surface area contributed by atoms with Crippen LogP contribution in [0, 0.1) is 5.41 Å². The molecule has 24 heavy (non-hydrogen) atoms. The van der Waals surface area contributed by atoms with Crippen LogP contribution in [0.2, 0.25) is 0 Å². The van der Waals surface area contributed by atoms with E-state index in [1.54, 1.807) is 12.1 Å². The zero-order chi connectivity index (χ0) is 17.0. The Balaban J connectivity index is 1.55. The molecule has 0 aliphatic carbocycles. The molecule has 132 valence electrons. The van der Waals surface area contributed by atoms with Gasteiger partial charge in [0.2, 0.25) is 0 Å². The highest BCUT2D eigenvalue weighted by Crippen LogP contribution is 2.40. The Morgan fingerprint density at radius 3 is 2.42 bits per heavy atom. The van der Waals surface area contributed by atoms with Crippen LogP contribution in [0.1, 0.15) is 50.6 Å². The highest BCUT2D eigenvalue weighted by atomic mass is 16.5. The molecule has 0 bridgehead atoms. The minimum Gasteiger partial charge on any atom is -0.508 e. The molecule has 2 fully saturated rings. The number of nitrogens with one attached hydrogen (secondary N) is 1. The number of hydrogen-bond acceptors (Lipinski definition) is 3. The summed E-state index contributed by atoms with van der Waals surface area (Å²) in [7, 11) is 0. The van der Waals surface area contributed by atoms with Crippen LogP contribution in [0.5, 0.6) is 5.75 Å². The first kappa shape index (κ1) is 17.1. The smallest absolute Gasteiger partial charge is 0.317 e. The highest BCUT2D eigenvalue weighted by Gasteiger charge is 2.37. The van der Waals surface area contributed by atoms with Crippen LogP contribution < -0.4 is 5.32 Å². The monoisotopic (exact) mass is 332 g/mol. The third-order valence-electron chi connectivity index (χ3n) is 5.67. The molecule has 2 amide bonds. The summed E-state index contributed by atoms with van der Waals surface area (Å²) in [6.45, 7) is 5.45. The molecule has 0 radical (unpaired) electrons. The number of benzene rings is 1. The standard InChI is InChI=1S/C19H28N2O3/c1-2-17(15-3-5-16(22)6-4-15)20-18(23)21-11-7-19(8-12-21)9-13-24-14-10-19/h3-6,17,22H,2,7-14H2,1H3,(H,20,23)/t17-/m1/s1. The van der Waals surface area contributed by atoms with E-state index >= 15 is 0 Å². The maximum atomic E-state index is 12.6. The largest absolute Gasteiger partial charge is 0.508 e.